The van der Waals surface area contributed by atoms with Crippen molar-refractivity contribution in [2.75, 3.05) is 26.8 Å². The number of carbonyl (C=O) groups is 2. The summed E-state index contributed by atoms with van der Waals surface area (Å²) in [5.41, 5.74) is 0. The molecular formula is C15H18Cl3NO4. The third-order valence-electron chi connectivity index (χ3n) is 3.16. The average molecular weight is 383 g/mol. The number of hydrogen-bond acceptors (Lipinski definition) is 4. The Bertz CT molecular complexity index is 580. The van der Waals surface area contributed by atoms with E-state index in [0.29, 0.717) is 11.6 Å². The summed E-state index contributed by atoms with van der Waals surface area (Å²) < 4.78 is 10.1. The van der Waals surface area contributed by atoms with Crippen molar-refractivity contribution < 1.29 is 19.1 Å². The number of esters is 1. The molecule has 0 aromatic heterocycles. The Morgan fingerprint density at radius 1 is 1.17 bits per heavy atom. The van der Waals surface area contributed by atoms with Gasteiger partial charge in [0, 0.05) is 19.2 Å². The highest BCUT2D eigenvalue weighted by molar-refractivity contribution is 6.43. The predicted molar refractivity (Wildman–Crippen MR) is 90.4 cm³/mol. The zero-order chi connectivity index (χ0) is 17.6. The summed E-state index contributed by atoms with van der Waals surface area (Å²) in [6.45, 7) is 3.98. The number of benzene rings is 1. The summed E-state index contributed by atoms with van der Waals surface area (Å²) in [6, 6.07) is 2.90. The Hall–Kier alpha value is -1.17. The summed E-state index contributed by atoms with van der Waals surface area (Å²) in [5, 5.41) is 0.848. The molecular weight excluding hydrogens is 365 g/mol. The molecule has 0 saturated heterocycles. The summed E-state index contributed by atoms with van der Waals surface area (Å²) in [5.74, 6) is -0.793. The summed E-state index contributed by atoms with van der Waals surface area (Å²) in [4.78, 5) is 25.2. The van der Waals surface area contributed by atoms with E-state index in [-0.39, 0.29) is 40.8 Å². The van der Waals surface area contributed by atoms with Crippen molar-refractivity contribution >= 4 is 46.7 Å². The fourth-order valence-corrected chi connectivity index (χ4v) is 2.45. The third-order valence-corrected chi connectivity index (χ3v) is 4.18. The van der Waals surface area contributed by atoms with Gasteiger partial charge in [-0.2, -0.15) is 0 Å². The monoisotopic (exact) mass is 381 g/mol. The maximum Gasteiger partial charge on any atom is 0.310 e. The molecule has 0 aliphatic rings. The van der Waals surface area contributed by atoms with Crippen molar-refractivity contribution in [1.29, 1.82) is 0 Å². The number of halogens is 3. The molecule has 0 N–H and O–H groups in total. The van der Waals surface area contributed by atoms with Gasteiger partial charge in [0.05, 0.1) is 28.1 Å². The van der Waals surface area contributed by atoms with Crippen LogP contribution >= 0.6 is 34.8 Å². The third kappa shape index (κ3) is 5.75. The molecule has 1 amide bonds. The van der Waals surface area contributed by atoms with Crippen LogP contribution in [0, 0.1) is 5.92 Å². The van der Waals surface area contributed by atoms with E-state index < -0.39 is 5.92 Å². The normalized spacial score (nSPS) is 11.7. The first-order chi connectivity index (χ1) is 10.8. The van der Waals surface area contributed by atoms with Crippen molar-refractivity contribution in [2.45, 2.75) is 13.8 Å². The van der Waals surface area contributed by atoms with Crippen molar-refractivity contribution in [3.8, 4) is 5.75 Å². The van der Waals surface area contributed by atoms with E-state index in [0.717, 1.165) is 0 Å². The maximum atomic E-state index is 12.2. The molecule has 23 heavy (non-hydrogen) atoms. The summed E-state index contributed by atoms with van der Waals surface area (Å²) in [6.07, 6.45) is 0. The Kier molecular flexibility index (Phi) is 7.95. The van der Waals surface area contributed by atoms with Crippen molar-refractivity contribution in [2.24, 2.45) is 5.92 Å². The van der Waals surface area contributed by atoms with Gasteiger partial charge in [0.15, 0.2) is 6.61 Å². The lowest BCUT2D eigenvalue weighted by Crippen LogP contribution is -2.39. The maximum absolute atomic E-state index is 12.2. The van der Waals surface area contributed by atoms with Crippen LogP contribution in [-0.4, -0.2) is 43.6 Å². The Labute approximate surface area is 150 Å². The van der Waals surface area contributed by atoms with Gasteiger partial charge in [0.2, 0.25) is 0 Å². The lowest BCUT2D eigenvalue weighted by atomic mass is 10.1. The van der Waals surface area contributed by atoms with Crippen LogP contribution in [0.15, 0.2) is 12.1 Å². The van der Waals surface area contributed by atoms with Crippen LogP contribution in [0.3, 0.4) is 0 Å². The van der Waals surface area contributed by atoms with Gasteiger partial charge in [-0.25, -0.2) is 0 Å². The van der Waals surface area contributed by atoms with E-state index in [1.54, 1.807) is 6.92 Å². The van der Waals surface area contributed by atoms with Gasteiger partial charge >= 0.3 is 5.97 Å². The Morgan fingerprint density at radius 3 is 2.35 bits per heavy atom. The summed E-state index contributed by atoms with van der Waals surface area (Å²) >= 11 is 17.7. The molecule has 0 radical (unpaired) electrons. The van der Waals surface area contributed by atoms with E-state index in [4.69, 9.17) is 39.5 Å². The van der Waals surface area contributed by atoms with E-state index in [1.165, 1.54) is 24.1 Å². The molecule has 0 aliphatic carbocycles. The van der Waals surface area contributed by atoms with E-state index in [9.17, 15) is 9.59 Å². The van der Waals surface area contributed by atoms with Gasteiger partial charge in [-0.3, -0.25) is 9.59 Å². The first-order valence-corrected chi connectivity index (χ1v) is 8.06. The molecule has 0 saturated carbocycles. The number of likely N-dealkylation sites (N-methyl/N-ethyl adjacent to an activating group) is 1. The fraction of sp³-hybridized carbons (Fsp3) is 0.467. The first-order valence-electron chi connectivity index (χ1n) is 6.93. The number of nitrogens with zero attached hydrogens (tertiary/aromatic N) is 1. The van der Waals surface area contributed by atoms with Crippen LogP contribution in [-0.2, 0) is 14.3 Å². The lowest BCUT2D eigenvalue weighted by Gasteiger charge is -2.23. The Balaban J connectivity index is 2.67. The van der Waals surface area contributed by atoms with Crippen LogP contribution in [0.1, 0.15) is 13.8 Å². The molecule has 1 rings (SSSR count). The second kappa shape index (κ2) is 9.21. The average Bonchev–Trinajstić information content (AvgIpc) is 2.53. The van der Waals surface area contributed by atoms with Crippen LogP contribution in [0.4, 0.5) is 0 Å². The number of ether oxygens (including phenoxy) is 2. The Morgan fingerprint density at radius 2 is 1.78 bits per heavy atom. The topological polar surface area (TPSA) is 55.8 Å². The molecule has 1 atom stereocenters. The second-order valence-corrected chi connectivity index (χ2v) is 6.06. The van der Waals surface area contributed by atoms with Gasteiger partial charge in [-0.15, -0.1) is 0 Å². The standard InChI is InChI=1S/C15H18Cl3NO4/c1-4-19(7-9(2)15(21)22-3)14(20)8-23-13-6-11(17)10(16)5-12(13)18/h5-6,9H,4,7-8H2,1-3H3. The zero-order valence-electron chi connectivity index (χ0n) is 13.1. The van der Waals surface area contributed by atoms with Crippen LogP contribution in [0.5, 0.6) is 5.75 Å². The van der Waals surface area contributed by atoms with E-state index in [2.05, 4.69) is 4.74 Å². The highest BCUT2D eigenvalue weighted by atomic mass is 35.5. The van der Waals surface area contributed by atoms with Gasteiger partial charge in [-0.05, 0) is 13.0 Å². The van der Waals surface area contributed by atoms with E-state index >= 15 is 0 Å². The number of rotatable bonds is 7. The summed E-state index contributed by atoms with van der Waals surface area (Å²) in [7, 11) is 1.31. The molecule has 0 spiro atoms. The minimum Gasteiger partial charge on any atom is -0.482 e. The zero-order valence-corrected chi connectivity index (χ0v) is 15.3. The van der Waals surface area contributed by atoms with Crippen molar-refractivity contribution in [1.82, 2.24) is 4.90 Å². The van der Waals surface area contributed by atoms with Crippen LogP contribution in [0.2, 0.25) is 15.1 Å². The fourth-order valence-electron chi connectivity index (χ4n) is 1.86. The van der Waals surface area contributed by atoms with Gasteiger partial charge in [0.25, 0.3) is 5.91 Å². The van der Waals surface area contributed by atoms with Gasteiger partial charge in [0.1, 0.15) is 5.75 Å². The van der Waals surface area contributed by atoms with Crippen molar-refractivity contribution in [3.05, 3.63) is 27.2 Å². The molecule has 0 bridgehead atoms. The number of amides is 1. The van der Waals surface area contributed by atoms with Crippen molar-refractivity contribution in [3.63, 3.8) is 0 Å². The molecule has 0 aliphatic heterocycles. The van der Waals surface area contributed by atoms with Crippen LogP contribution < -0.4 is 4.74 Å². The largest absolute Gasteiger partial charge is 0.482 e. The molecule has 1 aromatic rings. The minimum atomic E-state index is -0.419. The highest BCUT2D eigenvalue weighted by Gasteiger charge is 2.21. The molecule has 5 nitrogen and oxygen atoms in total. The lowest BCUT2D eigenvalue weighted by molar-refractivity contribution is -0.146. The van der Waals surface area contributed by atoms with E-state index in [1.807, 2.05) is 6.92 Å². The smallest absolute Gasteiger partial charge is 0.310 e. The first kappa shape index (κ1) is 19.9. The quantitative estimate of drug-likeness (QED) is 0.533. The number of carbonyl (C=O) groups excluding carboxylic acids is 2. The molecule has 0 fully saturated rings. The number of hydrogen-bond donors (Lipinski definition) is 0. The highest BCUT2D eigenvalue weighted by Crippen LogP contribution is 2.33. The van der Waals surface area contributed by atoms with Crippen LogP contribution in [0.25, 0.3) is 0 Å². The predicted octanol–water partition coefficient (Wildman–Crippen LogP) is 3.68. The van der Waals surface area contributed by atoms with Gasteiger partial charge in [-0.1, -0.05) is 41.7 Å². The van der Waals surface area contributed by atoms with Gasteiger partial charge < -0.3 is 14.4 Å². The molecule has 8 heteroatoms. The SMILES string of the molecule is CCN(CC(C)C(=O)OC)C(=O)COc1cc(Cl)c(Cl)cc1Cl. The second-order valence-electron chi connectivity index (χ2n) is 4.84. The molecule has 0 heterocycles. The molecule has 128 valence electrons. The minimum absolute atomic E-state index is 0.223. The molecule has 1 unspecified atom stereocenters. The number of methoxy groups -OCH3 is 1. The molecule has 1 aromatic carbocycles.